The molecule has 0 unspecified atom stereocenters. The summed E-state index contributed by atoms with van der Waals surface area (Å²) in [6.07, 6.45) is 4.97. The van der Waals surface area contributed by atoms with Gasteiger partial charge in [-0.2, -0.15) is 0 Å². The Morgan fingerprint density at radius 3 is 2.50 bits per heavy atom. The number of anilines is 1. The monoisotopic (exact) mass is 296 g/mol. The van der Waals surface area contributed by atoms with Crippen LogP contribution in [0.1, 0.15) is 23.7 Å². The molecule has 1 aromatic rings. The zero-order valence-electron chi connectivity index (χ0n) is 12.0. The molecule has 0 N–H and O–H groups in total. The van der Waals surface area contributed by atoms with Crippen molar-refractivity contribution < 1.29 is 19.5 Å². The van der Waals surface area contributed by atoms with Crippen LogP contribution in [-0.2, 0) is 9.59 Å². The minimum Gasteiger partial charge on any atom is -0.545 e. The van der Waals surface area contributed by atoms with Crippen molar-refractivity contribution in [3.05, 3.63) is 42.0 Å². The zero-order valence-corrected chi connectivity index (χ0v) is 12.0. The smallest absolute Gasteiger partial charge is 0.241 e. The first-order valence-electron chi connectivity index (χ1n) is 7.32. The van der Waals surface area contributed by atoms with Crippen LogP contribution >= 0.6 is 0 Å². The first-order valence-corrected chi connectivity index (χ1v) is 7.32. The van der Waals surface area contributed by atoms with E-state index in [1.165, 1.54) is 29.2 Å². The van der Waals surface area contributed by atoms with Crippen LogP contribution in [0, 0.1) is 23.2 Å². The number of carboxylic acids is 1. The van der Waals surface area contributed by atoms with E-state index in [2.05, 4.69) is 6.08 Å². The van der Waals surface area contributed by atoms with Gasteiger partial charge in [0.05, 0.1) is 23.0 Å². The summed E-state index contributed by atoms with van der Waals surface area (Å²) < 4.78 is 0. The highest BCUT2D eigenvalue weighted by atomic mass is 16.4. The minimum atomic E-state index is -1.28. The average molecular weight is 296 g/mol. The number of carbonyl (C=O) groups is 3. The van der Waals surface area contributed by atoms with Crippen LogP contribution in [0.3, 0.4) is 0 Å². The molecule has 5 heteroatoms. The molecule has 2 bridgehead atoms. The van der Waals surface area contributed by atoms with Crippen LogP contribution in [0.25, 0.3) is 0 Å². The van der Waals surface area contributed by atoms with Gasteiger partial charge in [-0.25, -0.2) is 4.90 Å². The van der Waals surface area contributed by atoms with Crippen molar-refractivity contribution in [1.29, 1.82) is 0 Å². The molecule has 1 saturated heterocycles. The molecule has 22 heavy (non-hydrogen) atoms. The summed E-state index contributed by atoms with van der Waals surface area (Å²) in [7, 11) is 0. The standard InChI is InChI=1S/C17H15NO4/c1-17-11-5-2-10(8-11)13(17)14(19)18(16(17)22)12-6-3-9(4-7-12)15(20)21/h2-7,10-11,13H,8H2,1H3,(H,20,21)/p-1/t10-,11+,13+,17+/m0/s1. The van der Waals surface area contributed by atoms with Crippen molar-refractivity contribution in [2.75, 3.05) is 4.90 Å². The molecule has 112 valence electrons. The first kappa shape index (κ1) is 13.2. The summed E-state index contributed by atoms with van der Waals surface area (Å²) >= 11 is 0. The van der Waals surface area contributed by atoms with E-state index in [0.717, 1.165) is 6.42 Å². The summed E-state index contributed by atoms with van der Waals surface area (Å²) in [6.45, 7) is 1.88. The second-order valence-corrected chi connectivity index (χ2v) is 6.46. The molecule has 2 fully saturated rings. The number of fused-ring (bicyclic) bond motifs is 5. The number of carbonyl (C=O) groups excluding carboxylic acids is 3. The number of allylic oxidation sites excluding steroid dienone is 2. The predicted octanol–water partition coefficient (Wildman–Crippen LogP) is 0.752. The van der Waals surface area contributed by atoms with Gasteiger partial charge in [-0.3, -0.25) is 9.59 Å². The molecule has 0 spiro atoms. The van der Waals surface area contributed by atoms with Gasteiger partial charge in [-0.15, -0.1) is 0 Å². The van der Waals surface area contributed by atoms with Gasteiger partial charge in [0.25, 0.3) is 0 Å². The Hall–Kier alpha value is -2.43. The van der Waals surface area contributed by atoms with Crippen molar-refractivity contribution >= 4 is 23.5 Å². The molecule has 4 atom stereocenters. The Bertz CT molecular complexity index is 736. The van der Waals surface area contributed by atoms with Gasteiger partial charge in [0, 0.05) is 0 Å². The maximum atomic E-state index is 12.9. The lowest BCUT2D eigenvalue weighted by Crippen LogP contribution is -2.37. The number of benzene rings is 1. The molecule has 4 rings (SSSR count). The van der Waals surface area contributed by atoms with E-state index in [0.29, 0.717) is 5.69 Å². The molecule has 5 nitrogen and oxygen atoms in total. The number of amides is 2. The Labute approximate surface area is 127 Å². The van der Waals surface area contributed by atoms with Gasteiger partial charge in [0.1, 0.15) is 0 Å². The highest BCUT2D eigenvalue weighted by Crippen LogP contribution is 2.60. The number of aromatic carboxylic acids is 1. The third-order valence-electron chi connectivity index (χ3n) is 5.47. The van der Waals surface area contributed by atoms with Crippen LogP contribution in [0.4, 0.5) is 5.69 Å². The molecule has 0 radical (unpaired) electrons. The summed E-state index contributed by atoms with van der Waals surface area (Å²) in [6, 6.07) is 5.68. The fourth-order valence-electron chi connectivity index (χ4n) is 4.30. The fraction of sp³-hybridized carbons (Fsp3) is 0.353. The Balaban J connectivity index is 1.74. The molecule has 3 aliphatic rings. The maximum Gasteiger partial charge on any atom is 0.241 e. The van der Waals surface area contributed by atoms with E-state index in [9.17, 15) is 19.5 Å². The fourth-order valence-corrected chi connectivity index (χ4v) is 4.30. The van der Waals surface area contributed by atoms with E-state index < -0.39 is 11.4 Å². The largest absolute Gasteiger partial charge is 0.545 e. The predicted molar refractivity (Wildman–Crippen MR) is 75.6 cm³/mol. The average Bonchev–Trinajstić information content (AvgIpc) is 3.12. The van der Waals surface area contributed by atoms with Crippen molar-refractivity contribution in [2.45, 2.75) is 13.3 Å². The first-order chi connectivity index (χ1) is 10.4. The van der Waals surface area contributed by atoms with Gasteiger partial charge in [-0.1, -0.05) is 24.3 Å². The highest BCUT2D eigenvalue weighted by molar-refractivity contribution is 6.24. The lowest BCUT2D eigenvalue weighted by atomic mass is 9.71. The molecule has 2 amide bonds. The molecular formula is C17H14NO4-. The lowest BCUT2D eigenvalue weighted by Gasteiger charge is -2.28. The summed E-state index contributed by atoms with van der Waals surface area (Å²) in [4.78, 5) is 37.6. The Morgan fingerprint density at radius 1 is 1.23 bits per heavy atom. The zero-order chi connectivity index (χ0) is 15.6. The van der Waals surface area contributed by atoms with Crippen molar-refractivity contribution in [3.63, 3.8) is 0 Å². The number of carboxylic acid groups (broad SMARTS) is 1. The van der Waals surface area contributed by atoms with Crippen molar-refractivity contribution in [1.82, 2.24) is 0 Å². The Kier molecular flexibility index (Phi) is 2.45. The van der Waals surface area contributed by atoms with E-state index in [1.54, 1.807) is 0 Å². The number of rotatable bonds is 2. The van der Waals surface area contributed by atoms with E-state index in [4.69, 9.17) is 0 Å². The summed E-state index contributed by atoms with van der Waals surface area (Å²) in [5, 5.41) is 10.8. The Morgan fingerprint density at radius 2 is 1.91 bits per heavy atom. The van der Waals surface area contributed by atoms with Gasteiger partial charge in [0.2, 0.25) is 11.8 Å². The topological polar surface area (TPSA) is 77.5 Å². The lowest BCUT2D eigenvalue weighted by molar-refractivity contribution is -0.255. The van der Waals surface area contributed by atoms with Crippen LogP contribution in [-0.4, -0.2) is 17.8 Å². The molecule has 1 heterocycles. The number of nitrogens with zero attached hydrogens (tertiary/aromatic N) is 1. The second-order valence-electron chi connectivity index (χ2n) is 6.46. The molecule has 2 aliphatic carbocycles. The molecule has 0 aromatic heterocycles. The summed E-state index contributed by atoms with van der Waals surface area (Å²) in [5.41, 5.74) is -0.213. The van der Waals surface area contributed by atoms with Gasteiger partial charge in [0.15, 0.2) is 0 Å². The molecule has 1 aliphatic heterocycles. The number of hydrogen-bond donors (Lipinski definition) is 0. The molecule has 1 aromatic carbocycles. The third kappa shape index (κ3) is 1.41. The van der Waals surface area contributed by atoms with Crippen LogP contribution in [0.5, 0.6) is 0 Å². The van der Waals surface area contributed by atoms with Crippen LogP contribution < -0.4 is 10.0 Å². The van der Waals surface area contributed by atoms with Crippen molar-refractivity contribution in [2.24, 2.45) is 23.2 Å². The van der Waals surface area contributed by atoms with E-state index in [-0.39, 0.29) is 35.1 Å². The molecular weight excluding hydrogens is 282 g/mol. The molecule has 1 saturated carbocycles. The second kappa shape index (κ2) is 4.06. The van der Waals surface area contributed by atoms with Crippen molar-refractivity contribution in [3.8, 4) is 0 Å². The van der Waals surface area contributed by atoms with Gasteiger partial charge in [-0.05, 0) is 42.9 Å². The number of hydrogen-bond acceptors (Lipinski definition) is 4. The quantitative estimate of drug-likeness (QED) is 0.596. The number of imide groups is 1. The minimum absolute atomic E-state index is 0.0241. The van der Waals surface area contributed by atoms with E-state index >= 15 is 0 Å². The van der Waals surface area contributed by atoms with E-state index in [1.807, 2.05) is 13.0 Å². The van der Waals surface area contributed by atoms with Crippen LogP contribution in [0.2, 0.25) is 0 Å². The maximum absolute atomic E-state index is 12.9. The highest BCUT2D eigenvalue weighted by Gasteiger charge is 2.67. The van der Waals surface area contributed by atoms with Gasteiger partial charge >= 0.3 is 0 Å². The normalized spacial score (nSPS) is 35.3. The summed E-state index contributed by atoms with van der Waals surface area (Å²) in [5.74, 6) is -1.68. The third-order valence-corrected chi connectivity index (χ3v) is 5.47. The van der Waals surface area contributed by atoms with Gasteiger partial charge < -0.3 is 9.90 Å². The van der Waals surface area contributed by atoms with Crippen LogP contribution in [0.15, 0.2) is 36.4 Å². The SMILES string of the molecule is C[C@]12C(=O)N(c3ccc(C(=O)[O-])cc3)C(=O)[C@H]1[C@H]1C=C[C@@H]2C1.